The summed E-state index contributed by atoms with van der Waals surface area (Å²) in [5.41, 5.74) is 42.0. The Morgan fingerprint density at radius 1 is 0.306 bits per heavy atom. The molecule has 630 valence electrons. The standard InChI is InChI=1S/C30H34N2.C29H33N3.C27H27N3.C27H29N3/c1-19-8-10-23-22(16-19)9-11-24-25-18-27(32-15-14-31(6)21(32)3)20(2)17-26(25)29(4)12-7-13-30(29,5)28(23)24;1-18-14-24-23(17-27(18)32-13-12-31(6)20(32)3)22-16-26-21(9-8-19(2)30-26)15-25(22)29(5)11-7-10-28(24,29)4;1-17-6-8-21-20-9-7-19-5-4-14-28-24(19)22(20)26(10-11-26)27(12-13-27)23(21)25(17)30-16-15-29(3)18(30)2;1-17-13-22-21(16-25(17)30-12-11-29(5)18(30)2)20-15-24-19(7-6-10-28-24)14-23(20)27(4)9-8-26(22,27)3/h8-11,14-18,21H,7,12-13H2,1-6H3;8-9,12-17,20H,7,10-11H2,1-6H3;4-9,14-16,18H,10-13H2,1-3H3;6-7,10-16,18H,8-9H2,1-5H3/t21-,29?,30?;20-,28?,29?;18-;18-,26?,27?/m0000/s1. The molecule has 4 aliphatic heterocycles. The average Bonchev–Trinajstić information content (AvgIpc) is 1.47. The van der Waals surface area contributed by atoms with Crippen molar-refractivity contribution in [3.8, 4) is 44.5 Å². The molecule has 3 aromatic heterocycles. The van der Waals surface area contributed by atoms with Crippen molar-refractivity contribution in [3.63, 3.8) is 0 Å². The van der Waals surface area contributed by atoms with Crippen LogP contribution in [0, 0.1) is 41.5 Å². The SMILES string of the molecule is Cc1cc2c(cc1N1C=CN(C)[C@@H]1C)-c1cc3ncccc3cc1C1(C)CCC21C.Cc1ccc2c(c1N1C=CN(C)[C@@H]1C)C1(CC1)C1(CC1)c1c-2ccc2cccnc12.Cc1ccc2c3c(ccc2c1)-c1cc(N2C=CN(C)[C@@H]2C)c(C)cc1C1(C)CCCC31C.Cc1ccc2cc3c(cc2n1)-c1cc(N2C=CN(C)[C@@H]2C)c(C)cc1C1(C)CCCC31C. The van der Waals surface area contributed by atoms with Crippen LogP contribution in [-0.2, 0) is 43.3 Å². The second-order valence-corrected chi connectivity index (χ2v) is 41.5. The van der Waals surface area contributed by atoms with Crippen molar-refractivity contribution in [2.24, 2.45) is 0 Å². The maximum absolute atomic E-state index is 4.91. The largest absolute Gasteiger partial charge is 0.359 e. The van der Waals surface area contributed by atoms with Gasteiger partial charge in [-0.2, -0.15) is 0 Å². The van der Waals surface area contributed by atoms with Gasteiger partial charge in [0.15, 0.2) is 0 Å². The van der Waals surface area contributed by atoms with Gasteiger partial charge in [0.05, 0.1) is 16.6 Å². The highest BCUT2D eigenvalue weighted by molar-refractivity contribution is 6.00. The van der Waals surface area contributed by atoms with Crippen molar-refractivity contribution in [1.29, 1.82) is 0 Å². The molecule has 25 rings (SSSR count). The van der Waals surface area contributed by atoms with Gasteiger partial charge in [-0.05, 0) is 316 Å². The lowest BCUT2D eigenvalue weighted by Gasteiger charge is -2.60. The highest BCUT2D eigenvalue weighted by atomic mass is 15.4. The number of pyridine rings is 3. The van der Waals surface area contributed by atoms with Gasteiger partial charge in [0, 0.05) is 178 Å². The predicted molar refractivity (Wildman–Crippen MR) is 518 cm³/mol. The monoisotopic (exact) mass is 1630 g/mol. The topological polar surface area (TPSA) is 64.6 Å². The fourth-order valence-electron chi connectivity index (χ4n) is 26.5. The Balaban J connectivity index is 0.0000000983. The third kappa shape index (κ3) is 10.7. The molecule has 0 saturated heterocycles. The molecule has 11 heteroatoms. The van der Waals surface area contributed by atoms with Crippen molar-refractivity contribution in [2.45, 2.75) is 256 Å². The molecular weight excluding hydrogens is 1510 g/mol. The van der Waals surface area contributed by atoms with E-state index in [0.29, 0.717) is 24.7 Å². The quantitative estimate of drug-likeness (QED) is 0.169. The second kappa shape index (κ2) is 27.2. The van der Waals surface area contributed by atoms with Gasteiger partial charge >= 0.3 is 0 Å². The minimum Gasteiger partial charge on any atom is -0.359 e. The third-order valence-corrected chi connectivity index (χ3v) is 35.5. The summed E-state index contributed by atoms with van der Waals surface area (Å²) >= 11 is 0. The molecule has 9 aromatic carbocycles. The lowest BCUT2D eigenvalue weighted by atomic mass is 9.43. The summed E-state index contributed by atoms with van der Waals surface area (Å²) in [7, 11) is 8.62. The van der Waals surface area contributed by atoms with Crippen LogP contribution in [0.1, 0.15) is 224 Å². The van der Waals surface area contributed by atoms with Crippen LogP contribution in [0.25, 0.3) is 88.0 Å². The van der Waals surface area contributed by atoms with Crippen LogP contribution in [0.3, 0.4) is 0 Å². The first kappa shape index (κ1) is 78.8. The molecular formula is C113H123N11. The number of aryl methyl sites for hydroxylation is 6. The van der Waals surface area contributed by atoms with Gasteiger partial charge in [-0.3, -0.25) is 15.0 Å². The number of fused-ring (bicyclic) bond motifs is 30. The molecule has 0 amide bonds. The van der Waals surface area contributed by atoms with E-state index < -0.39 is 0 Å². The van der Waals surface area contributed by atoms with Crippen LogP contribution in [0.15, 0.2) is 214 Å². The Hall–Kier alpha value is -11.2. The Morgan fingerprint density at radius 2 is 0.702 bits per heavy atom. The molecule has 2 spiro atoms. The molecule has 124 heavy (non-hydrogen) atoms. The number of hydrogen-bond donors (Lipinski definition) is 0. The van der Waals surface area contributed by atoms with E-state index in [1.165, 1.54) is 227 Å². The number of anilines is 4. The molecule has 11 nitrogen and oxygen atoms in total. The smallest absolute Gasteiger partial charge is 0.102 e. The maximum atomic E-state index is 4.91. The van der Waals surface area contributed by atoms with Crippen LogP contribution in [0.5, 0.6) is 0 Å². The van der Waals surface area contributed by atoms with Gasteiger partial charge in [-0.25, -0.2) is 0 Å². The normalized spacial score (nSPS) is 27.4. The summed E-state index contributed by atoms with van der Waals surface area (Å²) in [6.07, 6.45) is 38.2. The van der Waals surface area contributed by atoms with E-state index in [1.54, 1.807) is 22.3 Å². The zero-order valence-electron chi connectivity index (χ0n) is 76.9. The van der Waals surface area contributed by atoms with Gasteiger partial charge in [0.2, 0.25) is 0 Å². The van der Waals surface area contributed by atoms with Crippen LogP contribution in [0.4, 0.5) is 22.7 Å². The minimum atomic E-state index is 0.156. The van der Waals surface area contributed by atoms with Gasteiger partial charge in [-0.1, -0.05) is 151 Å². The lowest BCUT2D eigenvalue weighted by molar-refractivity contribution is 0.105. The molecule has 9 aliphatic carbocycles. The molecule has 5 fully saturated rings. The first-order valence-electron chi connectivity index (χ1n) is 46.5. The van der Waals surface area contributed by atoms with Crippen LogP contribution in [0.2, 0.25) is 0 Å². The molecule has 0 bridgehead atoms. The Bertz CT molecular complexity index is 6700. The fraction of sp³-hybridized carbons (Fsp3) is 0.389. The molecule has 0 radical (unpaired) electrons. The van der Waals surface area contributed by atoms with Crippen LogP contribution in [-0.4, -0.2) is 87.4 Å². The highest BCUT2D eigenvalue weighted by Crippen LogP contribution is 2.78. The van der Waals surface area contributed by atoms with E-state index in [9.17, 15) is 0 Å². The fourth-order valence-corrected chi connectivity index (χ4v) is 26.5. The van der Waals surface area contributed by atoms with Crippen molar-refractivity contribution in [2.75, 3.05) is 47.8 Å². The van der Waals surface area contributed by atoms with Gasteiger partial charge in [0.25, 0.3) is 0 Å². The maximum Gasteiger partial charge on any atom is 0.102 e. The molecule has 5 saturated carbocycles. The molecule has 12 aromatic rings. The summed E-state index contributed by atoms with van der Waals surface area (Å²) in [5, 5.41) is 6.63. The number of aromatic nitrogens is 3. The third-order valence-electron chi connectivity index (χ3n) is 35.5. The van der Waals surface area contributed by atoms with E-state index in [-0.39, 0.29) is 43.3 Å². The molecule has 6 unspecified atom stereocenters. The van der Waals surface area contributed by atoms with Gasteiger partial charge in [0.1, 0.15) is 24.7 Å². The van der Waals surface area contributed by atoms with Gasteiger partial charge < -0.3 is 39.2 Å². The first-order valence-corrected chi connectivity index (χ1v) is 46.5. The molecule has 10 atom stereocenters. The van der Waals surface area contributed by atoms with E-state index in [4.69, 9.17) is 9.97 Å². The Kier molecular flexibility index (Phi) is 17.3. The summed E-state index contributed by atoms with van der Waals surface area (Å²) in [4.78, 5) is 33.3. The summed E-state index contributed by atoms with van der Waals surface area (Å²) in [5.74, 6) is 0. The second-order valence-electron chi connectivity index (χ2n) is 41.5. The van der Waals surface area contributed by atoms with E-state index in [2.05, 4.69) is 378 Å². The number of benzene rings is 9. The number of rotatable bonds is 4. The van der Waals surface area contributed by atoms with Crippen molar-refractivity contribution < 1.29 is 0 Å². The zero-order chi connectivity index (χ0) is 85.9. The van der Waals surface area contributed by atoms with Crippen LogP contribution < -0.4 is 19.6 Å². The van der Waals surface area contributed by atoms with Crippen LogP contribution >= 0.6 is 0 Å². The van der Waals surface area contributed by atoms with E-state index in [1.807, 2.05) is 18.5 Å². The van der Waals surface area contributed by atoms with Crippen molar-refractivity contribution >= 4 is 66.2 Å². The Morgan fingerprint density at radius 3 is 1.20 bits per heavy atom. The van der Waals surface area contributed by atoms with Gasteiger partial charge in [-0.15, -0.1) is 0 Å². The first-order chi connectivity index (χ1) is 59.4. The molecule has 0 N–H and O–H groups in total. The molecule has 7 heterocycles. The van der Waals surface area contributed by atoms with Crippen molar-refractivity contribution in [3.05, 3.63) is 292 Å². The summed E-state index contributed by atoms with van der Waals surface area (Å²) in [6, 6.07) is 58.6. The molecule has 13 aliphatic rings. The summed E-state index contributed by atoms with van der Waals surface area (Å²) in [6.45, 7) is 37.6. The number of nitrogens with zero attached hydrogens (tertiary/aromatic N) is 11. The zero-order valence-corrected chi connectivity index (χ0v) is 76.9. The number of hydrogen-bond acceptors (Lipinski definition) is 11. The van der Waals surface area contributed by atoms with E-state index in [0.717, 1.165) is 16.7 Å². The lowest BCUT2D eigenvalue weighted by Crippen LogP contribution is -2.56. The highest BCUT2D eigenvalue weighted by Gasteiger charge is 2.71. The Labute approximate surface area is 735 Å². The predicted octanol–water partition coefficient (Wildman–Crippen LogP) is 26.2. The summed E-state index contributed by atoms with van der Waals surface area (Å²) < 4.78 is 0. The average molecular weight is 1640 g/mol. The van der Waals surface area contributed by atoms with E-state index >= 15 is 0 Å². The van der Waals surface area contributed by atoms with Crippen molar-refractivity contribution in [1.82, 2.24) is 34.6 Å². The minimum absolute atomic E-state index is 0.156.